The third-order valence-electron chi connectivity index (χ3n) is 4.39. The van der Waals surface area contributed by atoms with Crippen LogP contribution >= 0.6 is 11.6 Å². The summed E-state index contributed by atoms with van der Waals surface area (Å²) in [5, 5.41) is 3.65. The van der Waals surface area contributed by atoms with Crippen molar-refractivity contribution in [1.82, 2.24) is 15.3 Å². The Balaban J connectivity index is 1.73. The summed E-state index contributed by atoms with van der Waals surface area (Å²) >= 11 is 5.99. The number of carbonyl (C=O) groups excluding carboxylic acids is 1. The fourth-order valence-corrected chi connectivity index (χ4v) is 3.00. The molecular formula is C23H18ClN3O. The molecule has 0 radical (unpaired) electrons. The molecule has 0 aliphatic rings. The number of aryl methyl sites for hydroxylation is 1. The summed E-state index contributed by atoms with van der Waals surface area (Å²) in [5.41, 5.74) is 4.93. The van der Waals surface area contributed by atoms with Crippen LogP contribution in [-0.4, -0.2) is 15.9 Å². The van der Waals surface area contributed by atoms with Gasteiger partial charge in [0, 0.05) is 10.6 Å². The SMILES string of the molecule is Cc1ccc(C(=O)N/C(=C/c2ccc(Cl)cc2)c2nc3ccccc3[nH]2)cc1. The maximum absolute atomic E-state index is 12.8. The minimum Gasteiger partial charge on any atom is -0.337 e. The van der Waals surface area contributed by atoms with E-state index in [9.17, 15) is 4.79 Å². The first-order valence-corrected chi connectivity index (χ1v) is 9.27. The van der Waals surface area contributed by atoms with E-state index in [1.165, 1.54) is 0 Å². The number of carbonyl (C=O) groups is 1. The highest BCUT2D eigenvalue weighted by Crippen LogP contribution is 2.19. The van der Waals surface area contributed by atoms with Gasteiger partial charge in [-0.3, -0.25) is 4.79 Å². The molecule has 1 aromatic heterocycles. The summed E-state index contributed by atoms with van der Waals surface area (Å²) in [6.45, 7) is 1.99. The summed E-state index contributed by atoms with van der Waals surface area (Å²) in [7, 11) is 0. The van der Waals surface area contributed by atoms with Gasteiger partial charge in [-0.05, 0) is 55.0 Å². The van der Waals surface area contributed by atoms with Gasteiger partial charge in [-0.25, -0.2) is 4.98 Å². The number of hydrogen-bond acceptors (Lipinski definition) is 2. The topological polar surface area (TPSA) is 57.8 Å². The van der Waals surface area contributed by atoms with Gasteiger partial charge in [-0.15, -0.1) is 0 Å². The largest absolute Gasteiger partial charge is 0.337 e. The van der Waals surface area contributed by atoms with E-state index in [1.54, 1.807) is 0 Å². The third-order valence-corrected chi connectivity index (χ3v) is 4.64. The van der Waals surface area contributed by atoms with Crippen LogP contribution < -0.4 is 5.32 Å². The molecule has 5 heteroatoms. The van der Waals surface area contributed by atoms with Gasteiger partial charge in [0.1, 0.15) is 0 Å². The van der Waals surface area contributed by atoms with E-state index in [4.69, 9.17) is 11.6 Å². The van der Waals surface area contributed by atoms with Crippen molar-refractivity contribution >= 4 is 40.3 Å². The molecule has 1 heterocycles. The monoisotopic (exact) mass is 387 g/mol. The average Bonchev–Trinajstić information content (AvgIpc) is 3.14. The molecule has 28 heavy (non-hydrogen) atoms. The molecule has 0 saturated heterocycles. The summed E-state index contributed by atoms with van der Waals surface area (Å²) in [5.74, 6) is 0.400. The van der Waals surface area contributed by atoms with Crippen molar-refractivity contribution < 1.29 is 4.79 Å². The highest BCUT2D eigenvalue weighted by atomic mass is 35.5. The molecule has 0 aliphatic heterocycles. The number of imidazole rings is 1. The molecule has 138 valence electrons. The van der Waals surface area contributed by atoms with E-state index in [0.29, 0.717) is 22.1 Å². The van der Waals surface area contributed by atoms with Crippen LogP contribution in [0.5, 0.6) is 0 Å². The number of para-hydroxylation sites is 2. The van der Waals surface area contributed by atoms with Crippen LogP contribution in [0.15, 0.2) is 72.8 Å². The molecule has 0 fully saturated rings. The number of aromatic nitrogens is 2. The van der Waals surface area contributed by atoms with Crippen LogP contribution in [0, 0.1) is 6.92 Å². The predicted octanol–water partition coefficient (Wildman–Crippen LogP) is 5.45. The van der Waals surface area contributed by atoms with Crippen molar-refractivity contribution in [2.45, 2.75) is 6.92 Å². The highest BCUT2D eigenvalue weighted by molar-refractivity contribution is 6.30. The van der Waals surface area contributed by atoms with E-state index in [1.807, 2.05) is 85.8 Å². The average molecular weight is 388 g/mol. The fraction of sp³-hybridized carbons (Fsp3) is 0.0435. The van der Waals surface area contributed by atoms with Gasteiger partial charge in [0.05, 0.1) is 16.7 Å². The van der Waals surface area contributed by atoms with Crippen LogP contribution in [0.25, 0.3) is 22.8 Å². The van der Waals surface area contributed by atoms with Gasteiger partial charge in [0.25, 0.3) is 5.91 Å². The second-order valence-corrected chi connectivity index (χ2v) is 6.97. The standard InChI is InChI=1S/C23H18ClN3O/c1-15-6-10-17(11-7-15)23(28)27-21(14-16-8-12-18(24)13-9-16)22-25-19-4-2-3-5-20(19)26-22/h2-14H,1H3,(H,25,26)(H,27,28)/b21-14+. The number of rotatable bonds is 4. The third kappa shape index (κ3) is 3.97. The molecule has 0 atom stereocenters. The number of nitrogens with zero attached hydrogens (tertiary/aromatic N) is 1. The van der Waals surface area contributed by atoms with Gasteiger partial charge in [0.15, 0.2) is 5.82 Å². The highest BCUT2D eigenvalue weighted by Gasteiger charge is 2.13. The first kappa shape index (κ1) is 18.0. The zero-order chi connectivity index (χ0) is 19.5. The minimum atomic E-state index is -0.194. The second kappa shape index (κ2) is 7.71. The minimum absolute atomic E-state index is 0.194. The van der Waals surface area contributed by atoms with Crippen molar-refractivity contribution in [2.24, 2.45) is 0 Å². The second-order valence-electron chi connectivity index (χ2n) is 6.53. The Morgan fingerprint density at radius 2 is 1.71 bits per heavy atom. The summed E-state index contributed by atoms with van der Waals surface area (Å²) in [6.07, 6.45) is 1.88. The lowest BCUT2D eigenvalue weighted by atomic mass is 10.1. The van der Waals surface area contributed by atoms with E-state index in [2.05, 4.69) is 15.3 Å². The number of hydrogen-bond donors (Lipinski definition) is 2. The molecule has 3 aromatic carbocycles. The molecule has 0 spiro atoms. The Hall–Kier alpha value is -3.37. The number of benzene rings is 3. The summed E-state index contributed by atoms with van der Waals surface area (Å²) in [6, 6.07) is 22.6. The van der Waals surface area contributed by atoms with E-state index >= 15 is 0 Å². The van der Waals surface area contributed by atoms with Gasteiger partial charge in [-0.1, -0.05) is 53.6 Å². The molecule has 1 amide bonds. The van der Waals surface area contributed by atoms with Gasteiger partial charge < -0.3 is 10.3 Å². The Labute approximate surface area is 167 Å². The van der Waals surface area contributed by atoms with Crippen molar-refractivity contribution in [2.75, 3.05) is 0 Å². The van der Waals surface area contributed by atoms with Crippen LogP contribution in [0.3, 0.4) is 0 Å². The normalized spacial score (nSPS) is 11.6. The molecule has 0 aliphatic carbocycles. The number of H-pyrrole nitrogens is 1. The zero-order valence-corrected chi connectivity index (χ0v) is 16.0. The Morgan fingerprint density at radius 3 is 2.43 bits per heavy atom. The summed E-state index contributed by atoms with van der Waals surface area (Å²) in [4.78, 5) is 20.7. The van der Waals surface area contributed by atoms with Crippen LogP contribution in [0.1, 0.15) is 27.3 Å². The Kier molecular flexibility index (Phi) is 4.96. The molecule has 4 aromatic rings. The summed E-state index contributed by atoms with van der Waals surface area (Å²) < 4.78 is 0. The number of nitrogens with one attached hydrogen (secondary N) is 2. The van der Waals surface area contributed by atoms with Crippen LogP contribution in [0.4, 0.5) is 0 Å². The Morgan fingerprint density at radius 1 is 1.00 bits per heavy atom. The number of fused-ring (bicyclic) bond motifs is 1. The van der Waals surface area contributed by atoms with Gasteiger partial charge in [-0.2, -0.15) is 0 Å². The maximum atomic E-state index is 12.8. The molecule has 0 saturated carbocycles. The van der Waals surface area contributed by atoms with Gasteiger partial charge >= 0.3 is 0 Å². The molecule has 4 nitrogen and oxygen atoms in total. The first-order chi connectivity index (χ1) is 13.6. The van der Waals surface area contributed by atoms with Gasteiger partial charge in [0.2, 0.25) is 0 Å². The molecule has 0 bridgehead atoms. The van der Waals surface area contributed by atoms with Crippen molar-refractivity contribution in [3.8, 4) is 0 Å². The molecule has 4 rings (SSSR count). The van der Waals surface area contributed by atoms with E-state index < -0.39 is 0 Å². The Bertz CT molecular complexity index is 1130. The van der Waals surface area contributed by atoms with E-state index in [0.717, 1.165) is 22.2 Å². The van der Waals surface area contributed by atoms with Crippen LogP contribution in [0.2, 0.25) is 5.02 Å². The number of amides is 1. The lowest BCUT2D eigenvalue weighted by molar-refractivity contribution is 0.0973. The molecule has 2 N–H and O–H groups in total. The predicted molar refractivity (Wildman–Crippen MR) is 114 cm³/mol. The van der Waals surface area contributed by atoms with E-state index in [-0.39, 0.29) is 5.91 Å². The van der Waals surface area contributed by atoms with Crippen LogP contribution in [-0.2, 0) is 0 Å². The van der Waals surface area contributed by atoms with Crippen molar-refractivity contribution in [3.05, 3.63) is 100 Å². The molecular weight excluding hydrogens is 370 g/mol. The quantitative estimate of drug-likeness (QED) is 0.489. The molecule has 0 unspecified atom stereocenters. The van der Waals surface area contributed by atoms with Crippen molar-refractivity contribution in [1.29, 1.82) is 0 Å². The lowest BCUT2D eigenvalue weighted by Gasteiger charge is -2.09. The fourth-order valence-electron chi connectivity index (χ4n) is 2.87. The zero-order valence-electron chi connectivity index (χ0n) is 15.2. The maximum Gasteiger partial charge on any atom is 0.255 e. The first-order valence-electron chi connectivity index (χ1n) is 8.89. The lowest BCUT2D eigenvalue weighted by Crippen LogP contribution is -2.22. The number of halogens is 1. The smallest absolute Gasteiger partial charge is 0.255 e. The van der Waals surface area contributed by atoms with Crippen molar-refractivity contribution in [3.63, 3.8) is 0 Å². The number of aromatic amines is 1.